The summed E-state index contributed by atoms with van der Waals surface area (Å²) < 4.78 is 12.8. The van der Waals surface area contributed by atoms with Crippen LogP contribution in [0.4, 0.5) is 10.1 Å². The summed E-state index contributed by atoms with van der Waals surface area (Å²) in [6.07, 6.45) is 0.995. The number of hydrogen-bond acceptors (Lipinski definition) is 1. The van der Waals surface area contributed by atoms with Crippen LogP contribution in [0.1, 0.15) is 28.7 Å². The number of aryl methyl sites for hydroxylation is 4. The Morgan fingerprint density at radius 1 is 1.05 bits per heavy atom. The second kappa shape index (κ2) is 6.53. The molecule has 2 rings (SSSR count). The normalized spacial score (nSPS) is 10.5. The van der Waals surface area contributed by atoms with E-state index in [9.17, 15) is 9.18 Å². The van der Waals surface area contributed by atoms with Gasteiger partial charge in [0.1, 0.15) is 5.82 Å². The van der Waals surface area contributed by atoms with Gasteiger partial charge in [0.2, 0.25) is 5.91 Å². The van der Waals surface area contributed by atoms with Crippen molar-refractivity contribution in [3.63, 3.8) is 0 Å². The monoisotopic (exact) mass is 285 g/mol. The molecule has 0 saturated heterocycles. The summed E-state index contributed by atoms with van der Waals surface area (Å²) >= 11 is 0. The van der Waals surface area contributed by atoms with E-state index in [0.29, 0.717) is 12.8 Å². The minimum absolute atomic E-state index is 0.0191. The smallest absolute Gasteiger partial charge is 0.224 e. The molecule has 1 amide bonds. The molecule has 0 spiro atoms. The minimum Gasteiger partial charge on any atom is -0.326 e. The lowest BCUT2D eigenvalue weighted by molar-refractivity contribution is -0.116. The average molecular weight is 285 g/mol. The molecular formula is C18H20FNO. The molecule has 3 heteroatoms. The highest BCUT2D eigenvalue weighted by Crippen LogP contribution is 2.22. The number of nitrogens with one attached hydrogen (secondary N) is 1. The zero-order valence-electron chi connectivity index (χ0n) is 12.7. The molecule has 1 N–H and O–H groups in total. The van der Waals surface area contributed by atoms with E-state index < -0.39 is 0 Å². The van der Waals surface area contributed by atoms with Gasteiger partial charge in [0.05, 0.1) is 0 Å². The standard InChI is InChI=1S/C18H20FNO/c1-12-10-13(2)18(14(3)11-12)20-17(21)9-6-15-4-7-16(19)8-5-15/h4-5,7-8,10-11H,6,9H2,1-3H3,(H,20,21). The lowest BCUT2D eigenvalue weighted by atomic mass is 10.0. The number of carbonyl (C=O) groups is 1. The molecule has 0 atom stereocenters. The number of amides is 1. The third kappa shape index (κ3) is 4.15. The molecule has 0 radical (unpaired) electrons. The van der Waals surface area contributed by atoms with Crippen LogP contribution in [0.25, 0.3) is 0 Å². The van der Waals surface area contributed by atoms with Crippen molar-refractivity contribution < 1.29 is 9.18 Å². The summed E-state index contributed by atoms with van der Waals surface area (Å²) in [5.41, 5.74) is 5.19. The van der Waals surface area contributed by atoms with Gasteiger partial charge in [-0.2, -0.15) is 0 Å². The van der Waals surface area contributed by atoms with Gasteiger partial charge in [-0.15, -0.1) is 0 Å². The van der Waals surface area contributed by atoms with Gasteiger partial charge in [-0.25, -0.2) is 4.39 Å². The van der Waals surface area contributed by atoms with Crippen LogP contribution in [0, 0.1) is 26.6 Å². The summed E-state index contributed by atoms with van der Waals surface area (Å²) in [5, 5.41) is 2.97. The van der Waals surface area contributed by atoms with Gasteiger partial charge < -0.3 is 5.32 Å². The van der Waals surface area contributed by atoms with Crippen LogP contribution in [0.3, 0.4) is 0 Å². The Balaban J connectivity index is 1.97. The van der Waals surface area contributed by atoms with Crippen LogP contribution in [0.2, 0.25) is 0 Å². The Kier molecular flexibility index (Phi) is 4.73. The number of hydrogen-bond donors (Lipinski definition) is 1. The third-order valence-electron chi connectivity index (χ3n) is 3.50. The number of carbonyl (C=O) groups excluding carboxylic acids is 1. The highest BCUT2D eigenvalue weighted by molar-refractivity contribution is 5.92. The first kappa shape index (κ1) is 15.2. The molecule has 0 heterocycles. The maximum atomic E-state index is 12.8. The Labute approximate surface area is 125 Å². The van der Waals surface area contributed by atoms with E-state index in [1.54, 1.807) is 12.1 Å². The van der Waals surface area contributed by atoms with Crippen molar-refractivity contribution in [1.29, 1.82) is 0 Å². The van der Waals surface area contributed by atoms with E-state index in [-0.39, 0.29) is 11.7 Å². The fourth-order valence-electron chi connectivity index (χ4n) is 2.49. The largest absolute Gasteiger partial charge is 0.326 e. The van der Waals surface area contributed by atoms with E-state index in [4.69, 9.17) is 0 Å². The highest BCUT2D eigenvalue weighted by atomic mass is 19.1. The maximum Gasteiger partial charge on any atom is 0.224 e. The van der Waals surface area contributed by atoms with Gasteiger partial charge in [0.15, 0.2) is 0 Å². The molecule has 21 heavy (non-hydrogen) atoms. The fraction of sp³-hybridized carbons (Fsp3) is 0.278. The van der Waals surface area contributed by atoms with Crippen molar-refractivity contribution in [3.05, 3.63) is 64.5 Å². The van der Waals surface area contributed by atoms with Crippen molar-refractivity contribution in [2.75, 3.05) is 5.32 Å². The van der Waals surface area contributed by atoms with E-state index in [1.165, 1.54) is 17.7 Å². The number of rotatable bonds is 4. The van der Waals surface area contributed by atoms with E-state index in [2.05, 4.69) is 17.4 Å². The predicted octanol–water partition coefficient (Wildman–Crippen LogP) is 4.32. The Morgan fingerprint density at radius 3 is 2.19 bits per heavy atom. The fourth-order valence-corrected chi connectivity index (χ4v) is 2.49. The first-order valence-electron chi connectivity index (χ1n) is 7.08. The first-order valence-corrected chi connectivity index (χ1v) is 7.08. The average Bonchev–Trinajstić information content (AvgIpc) is 2.42. The third-order valence-corrected chi connectivity index (χ3v) is 3.50. The van der Waals surface area contributed by atoms with Crippen LogP contribution >= 0.6 is 0 Å². The Morgan fingerprint density at radius 2 is 1.62 bits per heavy atom. The molecule has 0 unspecified atom stereocenters. The second-order valence-electron chi connectivity index (χ2n) is 5.45. The molecule has 2 aromatic carbocycles. The van der Waals surface area contributed by atoms with Crippen LogP contribution in [-0.4, -0.2) is 5.91 Å². The second-order valence-corrected chi connectivity index (χ2v) is 5.45. The molecular weight excluding hydrogens is 265 g/mol. The van der Waals surface area contributed by atoms with E-state index >= 15 is 0 Å². The molecule has 2 nitrogen and oxygen atoms in total. The van der Waals surface area contributed by atoms with Crippen molar-refractivity contribution >= 4 is 11.6 Å². The summed E-state index contributed by atoms with van der Waals surface area (Å²) in [4.78, 5) is 12.1. The molecule has 0 fully saturated rings. The molecule has 0 bridgehead atoms. The molecule has 0 aliphatic heterocycles. The van der Waals surface area contributed by atoms with Crippen molar-refractivity contribution in [2.24, 2.45) is 0 Å². The van der Waals surface area contributed by atoms with E-state index in [0.717, 1.165) is 22.4 Å². The number of anilines is 1. The summed E-state index contributed by atoms with van der Waals surface area (Å²) in [5.74, 6) is -0.275. The lowest BCUT2D eigenvalue weighted by Gasteiger charge is -2.12. The molecule has 2 aromatic rings. The van der Waals surface area contributed by atoms with Crippen LogP contribution in [0.5, 0.6) is 0 Å². The molecule has 0 aliphatic rings. The van der Waals surface area contributed by atoms with Gasteiger partial charge in [-0.1, -0.05) is 29.8 Å². The molecule has 110 valence electrons. The summed E-state index contributed by atoms with van der Waals surface area (Å²) in [6, 6.07) is 10.4. The van der Waals surface area contributed by atoms with E-state index in [1.807, 2.05) is 20.8 Å². The Hall–Kier alpha value is -2.16. The van der Waals surface area contributed by atoms with Crippen LogP contribution < -0.4 is 5.32 Å². The topological polar surface area (TPSA) is 29.1 Å². The quantitative estimate of drug-likeness (QED) is 0.890. The van der Waals surface area contributed by atoms with Gasteiger partial charge in [-0.05, 0) is 56.0 Å². The van der Waals surface area contributed by atoms with Crippen LogP contribution in [0.15, 0.2) is 36.4 Å². The van der Waals surface area contributed by atoms with Crippen molar-refractivity contribution in [1.82, 2.24) is 0 Å². The number of benzene rings is 2. The SMILES string of the molecule is Cc1cc(C)c(NC(=O)CCc2ccc(F)cc2)c(C)c1. The van der Waals surface area contributed by atoms with Gasteiger partial charge >= 0.3 is 0 Å². The predicted molar refractivity (Wildman–Crippen MR) is 84.0 cm³/mol. The van der Waals surface area contributed by atoms with Crippen molar-refractivity contribution in [3.8, 4) is 0 Å². The Bertz CT molecular complexity index is 624. The van der Waals surface area contributed by atoms with Gasteiger partial charge in [-0.3, -0.25) is 4.79 Å². The maximum absolute atomic E-state index is 12.8. The molecule has 0 saturated carbocycles. The molecule has 0 aliphatic carbocycles. The zero-order valence-corrected chi connectivity index (χ0v) is 12.7. The summed E-state index contributed by atoms with van der Waals surface area (Å²) in [7, 11) is 0. The van der Waals surface area contributed by atoms with Crippen molar-refractivity contribution in [2.45, 2.75) is 33.6 Å². The summed E-state index contributed by atoms with van der Waals surface area (Å²) in [6.45, 7) is 6.03. The van der Waals surface area contributed by atoms with Crippen LogP contribution in [-0.2, 0) is 11.2 Å². The minimum atomic E-state index is -0.255. The van der Waals surface area contributed by atoms with Gasteiger partial charge in [0.25, 0.3) is 0 Å². The molecule has 0 aromatic heterocycles. The van der Waals surface area contributed by atoms with Gasteiger partial charge in [0, 0.05) is 12.1 Å². The zero-order chi connectivity index (χ0) is 15.4. The first-order chi connectivity index (χ1) is 9.95. The highest BCUT2D eigenvalue weighted by Gasteiger charge is 2.08. The number of halogens is 1. The lowest BCUT2D eigenvalue weighted by Crippen LogP contribution is -2.14.